The van der Waals surface area contributed by atoms with Crippen molar-refractivity contribution < 1.29 is 33.0 Å². The fourth-order valence-corrected chi connectivity index (χ4v) is 4.42. The van der Waals surface area contributed by atoms with Crippen LogP contribution in [0.2, 0.25) is 0 Å². The molecule has 0 spiro atoms. The van der Waals surface area contributed by atoms with Crippen LogP contribution >= 0.6 is 34.4 Å². The van der Waals surface area contributed by atoms with Crippen molar-refractivity contribution in [2.24, 2.45) is 0 Å². The van der Waals surface area contributed by atoms with Crippen LogP contribution in [-0.4, -0.2) is 42.3 Å². The van der Waals surface area contributed by atoms with Gasteiger partial charge in [0.05, 0.1) is 28.7 Å². The minimum absolute atomic E-state index is 0.00446. The number of carbonyl (C=O) groups is 3. The zero-order valence-corrected chi connectivity index (χ0v) is 20.2. The number of rotatable bonds is 8. The van der Waals surface area contributed by atoms with Crippen molar-refractivity contribution in [1.82, 2.24) is 4.90 Å². The first-order valence-electron chi connectivity index (χ1n) is 9.32. The summed E-state index contributed by atoms with van der Waals surface area (Å²) >= 11 is 2.92. The molecule has 0 aliphatic carbocycles. The zero-order valence-electron chi connectivity index (χ0n) is 17.2. The Morgan fingerprint density at radius 2 is 2.09 bits per heavy atom. The number of amides is 2. The quantitative estimate of drug-likeness (QED) is 0.202. The van der Waals surface area contributed by atoms with E-state index < -0.39 is 17.1 Å². The first-order chi connectivity index (χ1) is 15.4. The molecule has 32 heavy (non-hydrogen) atoms. The summed E-state index contributed by atoms with van der Waals surface area (Å²) in [5, 5.41) is -0.439. The second kappa shape index (κ2) is 10.6. The largest absolute Gasteiger partial charge is 0.490 e. The van der Waals surface area contributed by atoms with E-state index in [1.165, 1.54) is 19.2 Å². The van der Waals surface area contributed by atoms with Crippen LogP contribution in [0, 0.1) is 15.9 Å². The number of nitrogens with zero attached hydrogens (tertiary/aromatic N) is 1. The molecule has 1 saturated heterocycles. The van der Waals surface area contributed by atoms with Gasteiger partial charge in [-0.1, -0.05) is 5.92 Å². The smallest absolute Gasteiger partial charge is 0.373 e. The number of esters is 1. The van der Waals surface area contributed by atoms with Crippen LogP contribution in [0.5, 0.6) is 11.5 Å². The number of hydrogen-bond donors (Lipinski definition) is 0. The summed E-state index contributed by atoms with van der Waals surface area (Å²) < 4.78 is 21.9. The third-order valence-corrected chi connectivity index (χ3v) is 5.87. The molecular formula is C22H18INO7S. The number of methoxy groups -OCH3 is 1. The Kier molecular flexibility index (Phi) is 7.87. The number of thioether (sulfide) groups is 1. The Balaban J connectivity index is 1.83. The summed E-state index contributed by atoms with van der Waals surface area (Å²) in [4.78, 5) is 38.1. The fraction of sp³-hybridized carbons (Fsp3) is 0.227. The fourth-order valence-electron chi connectivity index (χ4n) is 2.80. The number of benzene rings is 1. The lowest BCUT2D eigenvalue weighted by Gasteiger charge is -2.13. The SMILES string of the molecule is C#CCOc1c(I)cc(/C=C2/SC(=O)N(Cc3ccc(C(=O)OC)o3)C2=O)cc1OCC. The minimum atomic E-state index is -0.639. The summed E-state index contributed by atoms with van der Waals surface area (Å²) in [6.45, 7) is 2.26. The van der Waals surface area contributed by atoms with Crippen LogP contribution in [0.25, 0.3) is 6.08 Å². The third kappa shape index (κ3) is 5.28. The average molecular weight is 567 g/mol. The van der Waals surface area contributed by atoms with E-state index in [0.29, 0.717) is 23.7 Å². The van der Waals surface area contributed by atoms with E-state index in [4.69, 9.17) is 20.3 Å². The van der Waals surface area contributed by atoms with Crippen LogP contribution < -0.4 is 9.47 Å². The lowest BCUT2D eigenvalue weighted by Crippen LogP contribution is -2.27. The minimum Gasteiger partial charge on any atom is -0.490 e. The van der Waals surface area contributed by atoms with Crippen LogP contribution in [0.1, 0.15) is 28.8 Å². The first-order valence-corrected chi connectivity index (χ1v) is 11.2. The standard InChI is InChI=1S/C22H18INO7S/c1-4-8-30-19-15(23)9-13(10-17(19)29-5-2)11-18-20(25)24(22(27)32-18)12-14-6-7-16(31-14)21(26)28-3/h1,6-7,9-11H,5,8,12H2,2-3H3/b18-11+. The van der Waals surface area contributed by atoms with Crippen molar-refractivity contribution in [2.45, 2.75) is 13.5 Å². The summed E-state index contributed by atoms with van der Waals surface area (Å²) in [6, 6.07) is 6.47. The Labute approximate surface area is 202 Å². The van der Waals surface area contributed by atoms with E-state index in [-0.39, 0.29) is 29.6 Å². The molecule has 0 unspecified atom stereocenters. The van der Waals surface area contributed by atoms with Gasteiger partial charge in [-0.3, -0.25) is 14.5 Å². The molecule has 0 bridgehead atoms. The van der Waals surface area contributed by atoms with Crippen molar-refractivity contribution >= 4 is 57.5 Å². The molecule has 1 aliphatic rings. The highest BCUT2D eigenvalue weighted by molar-refractivity contribution is 14.1. The molecule has 3 rings (SSSR count). The summed E-state index contributed by atoms with van der Waals surface area (Å²) in [5.74, 6) is 2.61. The first kappa shape index (κ1) is 23.7. The van der Waals surface area contributed by atoms with Gasteiger partial charge in [0.1, 0.15) is 12.4 Å². The summed E-state index contributed by atoms with van der Waals surface area (Å²) in [6.07, 6.45) is 6.89. The molecule has 0 radical (unpaired) electrons. The molecule has 8 nitrogen and oxygen atoms in total. The summed E-state index contributed by atoms with van der Waals surface area (Å²) in [7, 11) is 1.23. The molecule has 10 heteroatoms. The number of terminal acetylenes is 1. The van der Waals surface area contributed by atoms with Crippen LogP contribution in [0.3, 0.4) is 0 Å². The van der Waals surface area contributed by atoms with Gasteiger partial charge in [0.15, 0.2) is 11.5 Å². The highest BCUT2D eigenvalue weighted by Gasteiger charge is 2.36. The van der Waals surface area contributed by atoms with Crippen LogP contribution in [0.4, 0.5) is 4.79 Å². The predicted octanol–water partition coefficient (Wildman–Crippen LogP) is 4.32. The van der Waals surface area contributed by atoms with Gasteiger partial charge in [-0.05, 0) is 77.2 Å². The highest BCUT2D eigenvalue weighted by Crippen LogP contribution is 2.38. The molecule has 2 aromatic rings. The number of furan rings is 1. The normalized spacial score (nSPS) is 14.6. The lowest BCUT2D eigenvalue weighted by atomic mass is 10.2. The number of halogens is 1. The van der Waals surface area contributed by atoms with Gasteiger partial charge in [-0.25, -0.2) is 4.79 Å². The average Bonchev–Trinajstić information content (AvgIpc) is 3.33. The molecule has 1 aromatic carbocycles. The maximum absolute atomic E-state index is 12.8. The molecule has 1 aromatic heterocycles. The molecule has 0 saturated carbocycles. The maximum Gasteiger partial charge on any atom is 0.373 e. The van der Waals surface area contributed by atoms with Gasteiger partial charge in [0, 0.05) is 0 Å². The monoisotopic (exact) mass is 567 g/mol. The van der Waals surface area contributed by atoms with E-state index in [0.717, 1.165) is 20.2 Å². The van der Waals surface area contributed by atoms with E-state index in [1.807, 2.05) is 6.92 Å². The van der Waals surface area contributed by atoms with Crippen molar-refractivity contribution in [2.75, 3.05) is 20.3 Å². The Bertz CT molecular complexity index is 1130. The van der Waals surface area contributed by atoms with Crippen LogP contribution in [-0.2, 0) is 16.1 Å². The predicted molar refractivity (Wildman–Crippen MR) is 126 cm³/mol. The van der Waals surface area contributed by atoms with Crippen molar-refractivity contribution in [3.63, 3.8) is 0 Å². The number of hydrogen-bond acceptors (Lipinski definition) is 8. The van der Waals surface area contributed by atoms with Gasteiger partial charge in [-0.15, -0.1) is 6.42 Å². The zero-order chi connectivity index (χ0) is 23.3. The molecule has 2 heterocycles. The molecular weight excluding hydrogens is 549 g/mol. The van der Waals surface area contributed by atoms with Crippen LogP contribution in [0.15, 0.2) is 33.6 Å². The summed E-state index contributed by atoms with van der Waals surface area (Å²) in [5.41, 5.74) is 0.669. The van der Waals surface area contributed by atoms with Gasteiger partial charge < -0.3 is 18.6 Å². The number of carbonyl (C=O) groups excluding carboxylic acids is 3. The topological polar surface area (TPSA) is 95.3 Å². The maximum atomic E-state index is 12.8. The molecule has 0 atom stereocenters. The van der Waals surface area contributed by atoms with Gasteiger partial charge >= 0.3 is 5.97 Å². The Morgan fingerprint density at radius 3 is 2.78 bits per heavy atom. The second-order valence-electron chi connectivity index (χ2n) is 6.28. The Hall–Kier alpha value is -2.91. The Morgan fingerprint density at radius 1 is 1.31 bits per heavy atom. The van der Waals surface area contributed by atoms with Gasteiger partial charge in [0.25, 0.3) is 11.1 Å². The molecule has 1 aliphatic heterocycles. The van der Waals surface area contributed by atoms with E-state index >= 15 is 0 Å². The molecule has 166 valence electrons. The lowest BCUT2D eigenvalue weighted by molar-refractivity contribution is -0.123. The van der Waals surface area contributed by atoms with E-state index in [9.17, 15) is 14.4 Å². The molecule has 1 fully saturated rings. The van der Waals surface area contributed by atoms with E-state index in [2.05, 4.69) is 33.2 Å². The van der Waals surface area contributed by atoms with Crippen molar-refractivity contribution in [1.29, 1.82) is 0 Å². The van der Waals surface area contributed by atoms with E-state index in [1.54, 1.807) is 18.2 Å². The third-order valence-electron chi connectivity index (χ3n) is 4.17. The highest BCUT2D eigenvalue weighted by atomic mass is 127. The number of ether oxygens (including phenoxy) is 3. The number of imide groups is 1. The van der Waals surface area contributed by atoms with Gasteiger partial charge in [-0.2, -0.15) is 0 Å². The van der Waals surface area contributed by atoms with Crippen molar-refractivity contribution in [3.05, 3.63) is 49.8 Å². The van der Waals surface area contributed by atoms with Crippen molar-refractivity contribution in [3.8, 4) is 23.8 Å². The molecule has 2 amide bonds. The molecule has 0 N–H and O–H groups in total. The van der Waals surface area contributed by atoms with Gasteiger partial charge in [0.2, 0.25) is 5.76 Å². The second-order valence-corrected chi connectivity index (χ2v) is 8.44.